The van der Waals surface area contributed by atoms with E-state index < -0.39 is 34.4 Å². The van der Waals surface area contributed by atoms with Gasteiger partial charge in [0.15, 0.2) is 0 Å². The van der Waals surface area contributed by atoms with Gasteiger partial charge in [-0.15, -0.1) is 0 Å². The molecule has 65 heavy (non-hydrogen) atoms. The molecule has 400 valence electrons. The molecule has 0 aromatic carbocycles. The largest absolute Gasteiger partial charge is 0.332 e. The zero-order valence-electron chi connectivity index (χ0n) is 46.5. The van der Waals surface area contributed by atoms with E-state index in [-0.39, 0.29) is 19.5 Å². The van der Waals surface area contributed by atoms with Crippen LogP contribution in [0.5, 0.6) is 0 Å². The summed E-state index contributed by atoms with van der Waals surface area (Å²) in [5, 5.41) is 0. The van der Waals surface area contributed by atoms with Gasteiger partial charge in [0, 0.05) is 19.5 Å². The van der Waals surface area contributed by atoms with Crippen LogP contribution in [0.3, 0.4) is 0 Å². The first-order chi connectivity index (χ1) is 29.7. The second-order valence-electron chi connectivity index (χ2n) is 21.2. The van der Waals surface area contributed by atoms with Crippen LogP contribution in [0.15, 0.2) is 0 Å². The molecule has 0 radical (unpaired) electrons. The normalized spacial score (nSPS) is 12.2. The molecule has 0 spiro atoms. The molecule has 0 aromatic heterocycles. The molecule has 0 aromatic rings. The third-order valence-electron chi connectivity index (χ3n) is 6.16. The van der Waals surface area contributed by atoms with Crippen molar-refractivity contribution in [2.75, 3.05) is 79.3 Å². The first kappa shape index (κ1) is 75.8. The van der Waals surface area contributed by atoms with Crippen LogP contribution in [-0.4, -0.2) is 79.3 Å². The van der Waals surface area contributed by atoms with E-state index in [9.17, 15) is 0 Å². The Hall–Kier alpha value is 1.86. The van der Waals surface area contributed by atoms with Crippen molar-refractivity contribution in [1.29, 1.82) is 0 Å². The Morgan fingerprint density at radius 3 is 0.277 bits per heavy atom. The van der Waals surface area contributed by atoms with Crippen LogP contribution in [0.4, 0.5) is 0 Å². The van der Waals surface area contributed by atoms with Crippen molar-refractivity contribution in [3.63, 3.8) is 0 Å². The Morgan fingerprint density at radius 2 is 0.231 bits per heavy atom. The Balaban J connectivity index is -0.000000245. The van der Waals surface area contributed by atoms with Crippen molar-refractivity contribution in [2.24, 2.45) is 71.0 Å². The van der Waals surface area contributed by atoms with Gasteiger partial charge in [0.2, 0.25) is 0 Å². The van der Waals surface area contributed by atoms with Gasteiger partial charge in [0.25, 0.3) is 0 Å². The number of hydrogen-bond acceptors (Lipinski definition) is 12. The predicted octanol–water partition coefficient (Wildman–Crippen LogP) is 16.9. The Kier molecular flexibility index (Phi) is 59.2. The molecule has 0 saturated carbocycles. The SMILES string of the molecule is CC(C)COP(OCC(C)C)OCC(C)C.CC(C)COP(OCC(C)C)OCC(C)C.CC(C)COP(OCC(C)C)OCC(C)C.CC(C)COP(OCC(C)C)OCC(C)C.[Ru]. The summed E-state index contributed by atoms with van der Waals surface area (Å²) in [5.41, 5.74) is 0. The third-order valence-corrected chi connectivity index (χ3v) is 10.5. The fourth-order valence-corrected chi connectivity index (χ4v) is 8.90. The third kappa shape index (κ3) is 70.2. The molecule has 0 aliphatic carbocycles. The number of hydrogen-bond donors (Lipinski definition) is 0. The topological polar surface area (TPSA) is 111 Å². The van der Waals surface area contributed by atoms with Gasteiger partial charge in [-0.1, -0.05) is 166 Å². The molecule has 12 nitrogen and oxygen atoms in total. The maximum Gasteiger partial charge on any atom is 0.332 e. The predicted molar refractivity (Wildman–Crippen MR) is 277 cm³/mol. The van der Waals surface area contributed by atoms with Gasteiger partial charge < -0.3 is 54.3 Å². The van der Waals surface area contributed by atoms with E-state index in [4.69, 9.17) is 54.3 Å². The first-order valence-electron chi connectivity index (χ1n) is 24.4. The van der Waals surface area contributed by atoms with Crippen molar-refractivity contribution < 1.29 is 73.8 Å². The van der Waals surface area contributed by atoms with Gasteiger partial charge in [-0.25, -0.2) is 0 Å². The molecule has 0 saturated heterocycles. The summed E-state index contributed by atoms with van der Waals surface area (Å²) in [6.07, 6.45) is 0. The summed E-state index contributed by atoms with van der Waals surface area (Å²) < 4.78 is 67.5. The number of rotatable bonds is 36. The second-order valence-corrected chi connectivity index (χ2v) is 26.1. The molecule has 0 N–H and O–H groups in total. The minimum absolute atomic E-state index is 0. The van der Waals surface area contributed by atoms with Crippen LogP contribution < -0.4 is 0 Å². The van der Waals surface area contributed by atoms with Crippen LogP contribution in [0.25, 0.3) is 0 Å². The fraction of sp³-hybridized carbons (Fsp3) is 1.00. The maximum absolute atomic E-state index is 5.62. The van der Waals surface area contributed by atoms with E-state index in [2.05, 4.69) is 166 Å². The molecule has 0 bridgehead atoms. The Morgan fingerprint density at radius 1 is 0.169 bits per heavy atom. The zero-order valence-corrected chi connectivity index (χ0v) is 51.8. The zero-order chi connectivity index (χ0) is 50.2. The summed E-state index contributed by atoms with van der Waals surface area (Å²) in [7, 11) is -4.63. The molecule has 0 unspecified atom stereocenters. The van der Waals surface area contributed by atoms with Gasteiger partial charge in [0.05, 0.1) is 79.3 Å². The molecule has 0 rings (SSSR count). The van der Waals surface area contributed by atoms with E-state index in [1.807, 2.05) is 0 Å². The van der Waals surface area contributed by atoms with Crippen molar-refractivity contribution in [3.8, 4) is 0 Å². The molecular formula is C48H108O12P4Ru. The summed E-state index contributed by atoms with van der Waals surface area (Å²) >= 11 is 0. The van der Waals surface area contributed by atoms with Gasteiger partial charge in [-0.05, 0) is 71.0 Å². The van der Waals surface area contributed by atoms with Gasteiger partial charge in [-0.3, -0.25) is 0 Å². The van der Waals surface area contributed by atoms with Crippen molar-refractivity contribution in [3.05, 3.63) is 0 Å². The molecule has 0 heterocycles. The molecule has 0 aliphatic heterocycles. The van der Waals surface area contributed by atoms with Crippen LogP contribution in [0.2, 0.25) is 0 Å². The van der Waals surface area contributed by atoms with E-state index in [0.717, 1.165) is 0 Å². The molecule has 0 amide bonds. The standard InChI is InChI=1S/4C12H27O3P.Ru/c4*1-10(2)7-13-16(14-8-11(3)4)15-9-12(5)6;/h4*10-12H,7-9H2,1-6H3;. The molecule has 0 fully saturated rings. The van der Waals surface area contributed by atoms with E-state index in [1.165, 1.54) is 0 Å². The van der Waals surface area contributed by atoms with Crippen LogP contribution in [0.1, 0.15) is 166 Å². The summed E-state index contributed by atoms with van der Waals surface area (Å²) in [6.45, 7) is 59.3. The average Bonchev–Trinajstić information content (AvgIpc) is 3.16. The maximum atomic E-state index is 5.62. The summed E-state index contributed by atoms with van der Waals surface area (Å²) in [5.74, 6) is 6.11. The molecule has 0 atom stereocenters. The quantitative estimate of drug-likeness (QED) is 0.0440. The smallest absolute Gasteiger partial charge is 0.312 e. The van der Waals surface area contributed by atoms with Gasteiger partial charge >= 0.3 is 34.4 Å². The van der Waals surface area contributed by atoms with E-state index >= 15 is 0 Å². The van der Waals surface area contributed by atoms with Crippen LogP contribution >= 0.6 is 34.4 Å². The van der Waals surface area contributed by atoms with Crippen molar-refractivity contribution >= 4 is 34.4 Å². The Labute approximate surface area is 422 Å². The minimum Gasteiger partial charge on any atom is -0.312 e. The van der Waals surface area contributed by atoms with Gasteiger partial charge in [0.1, 0.15) is 0 Å². The van der Waals surface area contributed by atoms with Crippen LogP contribution in [0, 0.1) is 71.0 Å². The second kappa shape index (κ2) is 50.8. The molecule has 17 heteroatoms. The minimum atomic E-state index is -1.16. The molecular weight excluding hydrogens is 993 g/mol. The van der Waals surface area contributed by atoms with Crippen LogP contribution in [-0.2, 0) is 73.8 Å². The van der Waals surface area contributed by atoms with Crippen molar-refractivity contribution in [1.82, 2.24) is 0 Å². The molecule has 0 aliphatic rings. The van der Waals surface area contributed by atoms with Crippen molar-refractivity contribution in [2.45, 2.75) is 166 Å². The van der Waals surface area contributed by atoms with E-state index in [1.54, 1.807) is 0 Å². The van der Waals surface area contributed by atoms with Gasteiger partial charge in [-0.2, -0.15) is 0 Å². The average molecular weight is 1100 g/mol. The summed E-state index contributed by atoms with van der Waals surface area (Å²) in [6, 6.07) is 0. The monoisotopic (exact) mass is 1100 g/mol. The summed E-state index contributed by atoms with van der Waals surface area (Å²) in [4.78, 5) is 0. The fourth-order valence-electron chi connectivity index (χ4n) is 2.97. The first-order valence-corrected chi connectivity index (χ1v) is 28.8. The Bertz CT molecular complexity index is 679. The van der Waals surface area contributed by atoms with E-state index in [0.29, 0.717) is 150 Å².